The Labute approximate surface area is 153 Å². The lowest BCUT2D eigenvalue weighted by atomic mass is 9.97. The Morgan fingerprint density at radius 1 is 1.27 bits per heavy atom. The minimum absolute atomic E-state index is 0.134. The second-order valence-electron chi connectivity index (χ2n) is 7.16. The molecule has 2 N–H and O–H groups in total. The van der Waals surface area contributed by atoms with Gasteiger partial charge in [0.25, 0.3) is 0 Å². The lowest BCUT2D eigenvalue weighted by Crippen LogP contribution is -2.32. The van der Waals surface area contributed by atoms with Crippen LogP contribution >= 0.6 is 0 Å². The molecule has 2 aliphatic rings. The van der Waals surface area contributed by atoms with E-state index in [2.05, 4.69) is 44.8 Å². The summed E-state index contributed by atoms with van der Waals surface area (Å²) in [6.07, 6.45) is 8.74. The van der Waals surface area contributed by atoms with Gasteiger partial charge in [-0.15, -0.1) is 0 Å². The molecule has 1 aromatic carbocycles. The summed E-state index contributed by atoms with van der Waals surface area (Å²) in [4.78, 5) is 11.6. The molecule has 4 rings (SSSR count). The molecule has 26 heavy (non-hydrogen) atoms. The first-order chi connectivity index (χ1) is 12.8. The van der Waals surface area contributed by atoms with Crippen molar-refractivity contribution in [3.8, 4) is 0 Å². The number of nitrogens with one attached hydrogen (secondary N) is 2. The summed E-state index contributed by atoms with van der Waals surface area (Å²) in [6.45, 7) is 2.38. The molecular weight excluding hydrogens is 328 g/mol. The molecule has 2 aliphatic heterocycles. The first kappa shape index (κ1) is 17.1. The summed E-state index contributed by atoms with van der Waals surface area (Å²) < 4.78 is 7.50. The van der Waals surface area contributed by atoms with Gasteiger partial charge in [0, 0.05) is 43.6 Å². The van der Waals surface area contributed by atoms with Crippen molar-refractivity contribution in [3.63, 3.8) is 0 Å². The molecule has 1 aromatic heterocycles. The van der Waals surface area contributed by atoms with Crippen molar-refractivity contribution in [2.24, 2.45) is 0 Å². The van der Waals surface area contributed by atoms with Gasteiger partial charge in [0.2, 0.25) is 5.91 Å². The van der Waals surface area contributed by atoms with E-state index in [1.165, 1.54) is 11.1 Å². The molecule has 1 atom stereocenters. The van der Waals surface area contributed by atoms with Crippen molar-refractivity contribution >= 4 is 11.6 Å². The van der Waals surface area contributed by atoms with Crippen LogP contribution in [0.1, 0.15) is 55.3 Å². The smallest absolute Gasteiger partial charge is 0.220 e. The van der Waals surface area contributed by atoms with Crippen LogP contribution in [0.2, 0.25) is 0 Å². The lowest BCUT2D eigenvalue weighted by Gasteiger charge is -2.24. The number of anilines is 1. The van der Waals surface area contributed by atoms with E-state index in [1.54, 1.807) is 0 Å². The molecule has 0 radical (unpaired) electrons. The highest BCUT2D eigenvalue weighted by atomic mass is 16.5. The van der Waals surface area contributed by atoms with Crippen molar-refractivity contribution in [2.75, 3.05) is 18.5 Å². The molecule has 0 aliphatic carbocycles. The largest absolute Gasteiger partial charge is 0.381 e. The molecule has 3 heterocycles. The van der Waals surface area contributed by atoms with Crippen molar-refractivity contribution in [1.82, 2.24) is 15.1 Å². The molecule has 6 nitrogen and oxygen atoms in total. The number of rotatable bonds is 5. The van der Waals surface area contributed by atoms with Crippen LogP contribution in [0.4, 0.5) is 5.69 Å². The molecule has 0 saturated carbocycles. The van der Waals surface area contributed by atoms with E-state index in [1.807, 2.05) is 12.3 Å². The fourth-order valence-electron chi connectivity index (χ4n) is 3.74. The first-order valence-corrected chi connectivity index (χ1v) is 9.52. The highest BCUT2D eigenvalue weighted by Gasteiger charge is 2.20. The Balaban J connectivity index is 1.36. The third kappa shape index (κ3) is 4.07. The summed E-state index contributed by atoms with van der Waals surface area (Å²) >= 11 is 0. The molecule has 1 unspecified atom stereocenters. The van der Waals surface area contributed by atoms with Crippen molar-refractivity contribution in [2.45, 2.75) is 50.7 Å². The summed E-state index contributed by atoms with van der Waals surface area (Å²) in [6, 6.07) is 8.93. The Kier molecular flexibility index (Phi) is 5.20. The fourth-order valence-corrected chi connectivity index (χ4v) is 3.74. The third-order valence-electron chi connectivity index (χ3n) is 5.24. The summed E-state index contributed by atoms with van der Waals surface area (Å²) in [5.41, 5.74) is 3.41. The van der Waals surface area contributed by atoms with Gasteiger partial charge < -0.3 is 15.4 Å². The summed E-state index contributed by atoms with van der Waals surface area (Å²) in [5.74, 6) is 0.153. The third-order valence-corrected chi connectivity index (χ3v) is 5.24. The zero-order valence-electron chi connectivity index (χ0n) is 15.0. The average Bonchev–Trinajstić information content (AvgIpc) is 3.16. The van der Waals surface area contributed by atoms with Gasteiger partial charge in [-0.25, -0.2) is 0 Å². The number of benzene rings is 1. The molecule has 1 amide bonds. The number of aromatic nitrogens is 2. The van der Waals surface area contributed by atoms with Gasteiger partial charge in [0.05, 0.1) is 18.3 Å². The maximum atomic E-state index is 11.6. The molecule has 2 aromatic rings. The van der Waals surface area contributed by atoms with Gasteiger partial charge in [-0.3, -0.25) is 9.48 Å². The predicted octanol–water partition coefficient (Wildman–Crippen LogP) is 3.19. The van der Waals surface area contributed by atoms with Crippen molar-refractivity contribution < 1.29 is 9.53 Å². The molecular formula is C20H26N4O2. The van der Waals surface area contributed by atoms with E-state index in [4.69, 9.17) is 4.74 Å². The molecule has 2 fully saturated rings. The topological polar surface area (TPSA) is 68.2 Å². The van der Waals surface area contributed by atoms with Crippen LogP contribution < -0.4 is 10.6 Å². The number of hydrogen-bond acceptors (Lipinski definition) is 4. The Morgan fingerprint density at radius 2 is 2.15 bits per heavy atom. The van der Waals surface area contributed by atoms with Crippen LogP contribution in [-0.2, 0) is 16.1 Å². The Bertz CT molecular complexity index is 752. The second kappa shape index (κ2) is 7.91. The van der Waals surface area contributed by atoms with Crippen LogP contribution in [0, 0.1) is 0 Å². The highest BCUT2D eigenvalue weighted by Crippen LogP contribution is 2.26. The Hall–Kier alpha value is -2.34. The molecule has 2 saturated heterocycles. The maximum Gasteiger partial charge on any atom is 0.220 e. The number of amides is 1. The van der Waals surface area contributed by atoms with Crippen LogP contribution in [-0.4, -0.2) is 28.9 Å². The normalized spacial score (nSPS) is 21.4. The number of carbonyl (C=O) groups is 1. The van der Waals surface area contributed by atoms with E-state index in [9.17, 15) is 4.79 Å². The molecule has 138 valence electrons. The van der Waals surface area contributed by atoms with Crippen LogP contribution in [0.3, 0.4) is 0 Å². The predicted molar refractivity (Wildman–Crippen MR) is 99.8 cm³/mol. The number of nitrogens with zero attached hydrogens (tertiary/aromatic N) is 2. The number of ether oxygens (including phenoxy) is 1. The van der Waals surface area contributed by atoms with E-state index >= 15 is 0 Å². The molecule has 6 heteroatoms. The van der Waals surface area contributed by atoms with Crippen molar-refractivity contribution in [3.05, 3.63) is 47.8 Å². The van der Waals surface area contributed by atoms with E-state index in [0.717, 1.165) is 51.1 Å². The first-order valence-electron chi connectivity index (χ1n) is 9.52. The van der Waals surface area contributed by atoms with E-state index < -0.39 is 0 Å². The lowest BCUT2D eigenvalue weighted by molar-refractivity contribution is -0.123. The number of carbonyl (C=O) groups excluding carboxylic acids is 1. The zero-order valence-corrected chi connectivity index (χ0v) is 15.0. The van der Waals surface area contributed by atoms with Crippen molar-refractivity contribution in [1.29, 1.82) is 0 Å². The summed E-state index contributed by atoms with van der Waals surface area (Å²) in [5, 5.41) is 11.1. The average molecular weight is 354 g/mol. The summed E-state index contributed by atoms with van der Waals surface area (Å²) in [7, 11) is 0. The molecule has 0 bridgehead atoms. The minimum atomic E-state index is 0.134. The van der Waals surface area contributed by atoms with Crippen LogP contribution in [0.25, 0.3) is 0 Å². The van der Waals surface area contributed by atoms with E-state index in [0.29, 0.717) is 12.5 Å². The zero-order chi connectivity index (χ0) is 17.8. The monoisotopic (exact) mass is 354 g/mol. The fraction of sp³-hybridized carbons (Fsp3) is 0.500. The van der Waals surface area contributed by atoms with Gasteiger partial charge in [0.1, 0.15) is 0 Å². The van der Waals surface area contributed by atoms with Gasteiger partial charge in [-0.2, -0.15) is 5.10 Å². The Morgan fingerprint density at radius 3 is 3.00 bits per heavy atom. The quantitative estimate of drug-likeness (QED) is 0.865. The van der Waals surface area contributed by atoms with Crippen LogP contribution in [0.15, 0.2) is 36.7 Å². The van der Waals surface area contributed by atoms with Gasteiger partial charge in [0.15, 0.2) is 0 Å². The highest BCUT2D eigenvalue weighted by molar-refractivity contribution is 5.77. The van der Waals surface area contributed by atoms with E-state index in [-0.39, 0.29) is 11.9 Å². The SMILES string of the molecule is O=C1CCCC(c2cccc(NCc3cnn(C4CCOCC4)c3)c2)N1. The second-order valence-corrected chi connectivity index (χ2v) is 7.16. The van der Waals surface area contributed by atoms with Gasteiger partial charge in [-0.05, 0) is 43.4 Å². The maximum absolute atomic E-state index is 11.6. The number of hydrogen-bond donors (Lipinski definition) is 2. The standard InChI is InChI=1S/C20H26N4O2/c25-20-6-2-5-19(23-20)16-3-1-4-17(11-16)21-12-15-13-22-24(14-15)18-7-9-26-10-8-18/h1,3-4,11,13-14,18-19,21H,2,5-10,12H2,(H,23,25). The molecule has 0 spiro atoms. The minimum Gasteiger partial charge on any atom is -0.381 e. The van der Waals surface area contributed by atoms with Gasteiger partial charge >= 0.3 is 0 Å². The number of piperidine rings is 1. The van der Waals surface area contributed by atoms with Crippen LogP contribution in [0.5, 0.6) is 0 Å². The van der Waals surface area contributed by atoms with Gasteiger partial charge in [-0.1, -0.05) is 12.1 Å².